The van der Waals surface area contributed by atoms with Crippen LogP contribution >= 0.6 is 0 Å². The van der Waals surface area contributed by atoms with Gasteiger partial charge in [-0.3, -0.25) is 15.1 Å². The number of aliphatic hydroxyl groups is 1. The number of aliphatic hydroxyl groups excluding tert-OH is 1. The lowest BCUT2D eigenvalue weighted by atomic mass is 10.1. The molecule has 0 aromatic heterocycles. The monoisotopic (exact) mass is 209 g/mol. The molecule has 1 rings (SSSR count). The van der Waals surface area contributed by atoms with Gasteiger partial charge < -0.3 is 5.11 Å². The van der Waals surface area contributed by atoms with Gasteiger partial charge >= 0.3 is 0 Å². The van der Waals surface area contributed by atoms with E-state index < -0.39 is 5.54 Å². The number of carbonyl (C=O) groups is 1. The van der Waals surface area contributed by atoms with Gasteiger partial charge in [-0.1, -0.05) is 0 Å². The predicted octanol–water partition coefficient (Wildman–Crippen LogP) is 1.94. The van der Waals surface area contributed by atoms with Crippen LogP contribution in [-0.4, -0.2) is 26.7 Å². The molecule has 0 radical (unpaired) electrons. The first-order valence-electron chi connectivity index (χ1n) is 4.64. The summed E-state index contributed by atoms with van der Waals surface area (Å²) >= 11 is 0. The van der Waals surface area contributed by atoms with Gasteiger partial charge in [-0.15, -0.1) is 0 Å². The molecule has 0 aromatic rings. The number of ketones is 1. The van der Waals surface area contributed by atoms with Crippen LogP contribution in [0.1, 0.15) is 20.8 Å². The molecule has 0 saturated heterocycles. The van der Waals surface area contributed by atoms with Crippen LogP contribution in [-0.2, 0) is 4.79 Å². The third kappa shape index (κ3) is 2.95. The summed E-state index contributed by atoms with van der Waals surface area (Å²) in [6.07, 6.45) is 5.30. The Balaban J connectivity index is 2.91. The van der Waals surface area contributed by atoms with Crippen LogP contribution in [0.5, 0.6) is 0 Å². The first kappa shape index (κ1) is 11.5. The van der Waals surface area contributed by atoms with Gasteiger partial charge in [-0.2, -0.15) is 0 Å². The van der Waals surface area contributed by atoms with Crippen molar-refractivity contribution in [3.8, 4) is 0 Å². The summed E-state index contributed by atoms with van der Waals surface area (Å²) in [6, 6.07) is 0. The maximum absolute atomic E-state index is 10.9. The molecule has 1 aliphatic rings. The summed E-state index contributed by atoms with van der Waals surface area (Å²) in [5.41, 5.74) is -0.0465. The molecule has 0 fully saturated rings. The Labute approximate surface area is 88.8 Å². The van der Waals surface area contributed by atoms with Crippen LogP contribution in [0, 0.1) is 0 Å². The van der Waals surface area contributed by atoms with E-state index in [1.54, 1.807) is 0 Å². The number of hydroxylamine groups is 2. The van der Waals surface area contributed by atoms with E-state index in [0.717, 1.165) is 11.1 Å². The zero-order chi connectivity index (χ0) is 11.6. The Morgan fingerprint density at radius 2 is 1.93 bits per heavy atom. The SMILES string of the molecule is CC(C)(C)N(O)C=C1C=CC(=O)C=C1O. The predicted molar refractivity (Wildman–Crippen MR) is 56.3 cm³/mol. The van der Waals surface area contributed by atoms with Gasteiger partial charge in [0.25, 0.3) is 0 Å². The van der Waals surface area contributed by atoms with Crippen molar-refractivity contribution >= 4 is 5.78 Å². The summed E-state index contributed by atoms with van der Waals surface area (Å²) in [7, 11) is 0. The summed E-state index contributed by atoms with van der Waals surface area (Å²) in [4.78, 5) is 10.9. The normalized spacial score (nSPS) is 19.3. The fourth-order valence-corrected chi connectivity index (χ4v) is 0.958. The maximum atomic E-state index is 10.9. The third-order valence-corrected chi connectivity index (χ3v) is 1.95. The highest BCUT2D eigenvalue weighted by Crippen LogP contribution is 2.18. The minimum atomic E-state index is -0.456. The van der Waals surface area contributed by atoms with Gasteiger partial charge in [-0.05, 0) is 32.9 Å². The fraction of sp³-hybridized carbons (Fsp3) is 0.364. The fourth-order valence-electron chi connectivity index (χ4n) is 0.958. The highest BCUT2D eigenvalue weighted by Gasteiger charge is 2.18. The molecule has 0 aromatic carbocycles. The topological polar surface area (TPSA) is 60.8 Å². The lowest BCUT2D eigenvalue weighted by molar-refractivity contribution is -0.111. The van der Waals surface area contributed by atoms with E-state index in [1.807, 2.05) is 20.8 Å². The van der Waals surface area contributed by atoms with Crippen molar-refractivity contribution in [3.63, 3.8) is 0 Å². The second-order valence-electron chi connectivity index (χ2n) is 4.37. The highest BCUT2D eigenvalue weighted by molar-refractivity contribution is 6.01. The van der Waals surface area contributed by atoms with Crippen LogP contribution in [0.25, 0.3) is 0 Å². The molecule has 0 amide bonds. The summed E-state index contributed by atoms with van der Waals surface area (Å²) < 4.78 is 0. The van der Waals surface area contributed by atoms with Crippen LogP contribution in [0.15, 0.2) is 35.8 Å². The van der Waals surface area contributed by atoms with E-state index in [1.165, 1.54) is 18.4 Å². The molecule has 2 N–H and O–H groups in total. The molecule has 4 heteroatoms. The first-order valence-corrected chi connectivity index (χ1v) is 4.64. The lowest BCUT2D eigenvalue weighted by Gasteiger charge is -2.28. The Morgan fingerprint density at radius 1 is 1.33 bits per heavy atom. The number of nitrogens with zero attached hydrogens (tertiary/aromatic N) is 1. The van der Waals surface area contributed by atoms with Gasteiger partial charge in [0.05, 0.1) is 5.54 Å². The number of hydrogen-bond acceptors (Lipinski definition) is 4. The van der Waals surface area contributed by atoms with Crippen LogP contribution in [0.4, 0.5) is 0 Å². The standard InChI is InChI=1S/C11H15NO3/c1-11(2,3)12(15)7-8-4-5-9(13)6-10(8)14/h4-7,14-15H,1-3H3. The molecular formula is C11H15NO3. The van der Waals surface area contributed by atoms with Crippen LogP contribution in [0.3, 0.4) is 0 Å². The molecule has 0 spiro atoms. The lowest BCUT2D eigenvalue weighted by Crippen LogP contribution is -2.34. The number of rotatable bonds is 1. The molecule has 0 aliphatic heterocycles. The van der Waals surface area contributed by atoms with Crippen LogP contribution in [0.2, 0.25) is 0 Å². The molecule has 0 saturated carbocycles. The largest absolute Gasteiger partial charge is 0.507 e. The van der Waals surface area contributed by atoms with Crippen molar-refractivity contribution < 1.29 is 15.1 Å². The van der Waals surface area contributed by atoms with Crippen molar-refractivity contribution in [1.29, 1.82) is 0 Å². The van der Waals surface area contributed by atoms with Gasteiger partial charge in [-0.25, -0.2) is 0 Å². The maximum Gasteiger partial charge on any atom is 0.182 e. The number of allylic oxidation sites excluding steroid dienone is 3. The zero-order valence-corrected chi connectivity index (χ0v) is 9.06. The zero-order valence-electron chi connectivity index (χ0n) is 9.06. The Hall–Kier alpha value is -1.55. The molecule has 0 heterocycles. The van der Waals surface area contributed by atoms with Crippen molar-refractivity contribution in [3.05, 3.63) is 35.8 Å². The molecule has 15 heavy (non-hydrogen) atoms. The minimum Gasteiger partial charge on any atom is -0.507 e. The average Bonchev–Trinajstić information content (AvgIpc) is 2.08. The van der Waals surface area contributed by atoms with E-state index in [9.17, 15) is 15.1 Å². The second kappa shape index (κ2) is 3.90. The third-order valence-electron chi connectivity index (χ3n) is 1.95. The average molecular weight is 209 g/mol. The van der Waals surface area contributed by atoms with Gasteiger partial charge in [0.2, 0.25) is 0 Å². The molecule has 0 atom stereocenters. The Morgan fingerprint density at radius 3 is 2.40 bits per heavy atom. The molecule has 0 bridgehead atoms. The van der Waals surface area contributed by atoms with E-state index in [-0.39, 0.29) is 11.5 Å². The molecular weight excluding hydrogens is 194 g/mol. The summed E-state index contributed by atoms with van der Waals surface area (Å²) in [5.74, 6) is -0.393. The number of hydrogen-bond donors (Lipinski definition) is 2. The van der Waals surface area contributed by atoms with Crippen molar-refractivity contribution in [2.75, 3.05) is 0 Å². The second-order valence-corrected chi connectivity index (χ2v) is 4.37. The first-order chi connectivity index (χ1) is 6.80. The van der Waals surface area contributed by atoms with Gasteiger partial charge in [0.15, 0.2) is 5.78 Å². The van der Waals surface area contributed by atoms with Gasteiger partial charge in [0, 0.05) is 17.8 Å². The minimum absolute atomic E-state index is 0.134. The summed E-state index contributed by atoms with van der Waals surface area (Å²) in [6.45, 7) is 5.47. The molecule has 4 nitrogen and oxygen atoms in total. The number of carbonyl (C=O) groups excluding carboxylic acids is 1. The van der Waals surface area contributed by atoms with E-state index in [4.69, 9.17) is 0 Å². The summed E-state index contributed by atoms with van der Waals surface area (Å²) in [5, 5.41) is 20.1. The van der Waals surface area contributed by atoms with E-state index in [0.29, 0.717) is 5.57 Å². The molecule has 0 unspecified atom stereocenters. The Kier molecular flexibility index (Phi) is 3.00. The van der Waals surface area contributed by atoms with E-state index >= 15 is 0 Å². The van der Waals surface area contributed by atoms with E-state index in [2.05, 4.69) is 0 Å². The molecule has 1 aliphatic carbocycles. The Bertz CT molecular complexity index is 359. The van der Waals surface area contributed by atoms with Crippen molar-refractivity contribution in [2.24, 2.45) is 0 Å². The van der Waals surface area contributed by atoms with Crippen LogP contribution < -0.4 is 0 Å². The highest BCUT2D eigenvalue weighted by atomic mass is 16.5. The quantitative estimate of drug-likeness (QED) is 0.648. The van der Waals surface area contributed by atoms with Crippen molar-refractivity contribution in [2.45, 2.75) is 26.3 Å². The van der Waals surface area contributed by atoms with Crippen molar-refractivity contribution in [1.82, 2.24) is 5.06 Å². The van der Waals surface area contributed by atoms with Gasteiger partial charge in [0.1, 0.15) is 5.76 Å². The smallest absolute Gasteiger partial charge is 0.182 e. The molecule has 82 valence electrons.